The van der Waals surface area contributed by atoms with Gasteiger partial charge >= 0.3 is 0 Å². The van der Waals surface area contributed by atoms with Crippen molar-refractivity contribution >= 4 is 44.9 Å². The Bertz CT molecular complexity index is 1030. The summed E-state index contributed by atoms with van der Waals surface area (Å²) in [5.74, 6) is 0.950. The third-order valence-corrected chi connectivity index (χ3v) is 5.21. The number of pyridine rings is 1. The van der Waals surface area contributed by atoms with Crippen molar-refractivity contribution in [1.29, 1.82) is 0 Å². The smallest absolute Gasteiger partial charge is 0.145 e. The fourth-order valence-corrected chi connectivity index (χ4v) is 4.08. The first-order valence-electron chi connectivity index (χ1n) is 7.25. The molecule has 0 bridgehead atoms. The number of hydrogen-bond donors (Lipinski definition) is 1. The van der Waals surface area contributed by atoms with Crippen molar-refractivity contribution in [3.8, 4) is 0 Å². The van der Waals surface area contributed by atoms with Crippen LogP contribution in [-0.4, -0.2) is 4.98 Å². The molecule has 22 heavy (non-hydrogen) atoms. The third-order valence-electron chi connectivity index (χ3n) is 4.03. The average Bonchev–Trinajstić information content (AvgIpc) is 2.58. The summed E-state index contributed by atoms with van der Waals surface area (Å²) in [4.78, 5) is 7.23. The summed E-state index contributed by atoms with van der Waals surface area (Å²) in [6, 6.07) is 23.3. The zero-order valence-corrected chi connectivity index (χ0v) is 12.5. The van der Waals surface area contributed by atoms with E-state index in [-0.39, 0.29) is 0 Å². The van der Waals surface area contributed by atoms with Gasteiger partial charge in [-0.3, -0.25) is 0 Å². The van der Waals surface area contributed by atoms with Crippen LogP contribution >= 0.6 is 11.8 Å². The second kappa shape index (κ2) is 4.49. The lowest BCUT2D eigenvalue weighted by molar-refractivity contribution is 1.25. The van der Waals surface area contributed by atoms with Crippen molar-refractivity contribution in [2.75, 3.05) is 5.32 Å². The molecule has 2 heterocycles. The zero-order valence-electron chi connectivity index (χ0n) is 11.7. The number of hydrogen-bond acceptors (Lipinski definition) is 3. The summed E-state index contributed by atoms with van der Waals surface area (Å²) in [6.07, 6.45) is 0. The average molecular weight is 300 g/mol. The molecule has 1 aromatic heterocycles. The van der Waals surface area contributed by atoms with Crippen LogP contribution in [0.5, 0.6) is 0 Å². The van der Waals surface area contributed by atoms with Gasteiger partial charge in [-0.25, -0.2) is 4.98 Å². The van der Waals surface area contributed by atoms with E-state index in [1.54, 1.807) is 11.8 Å². The van der Waals surface area contributed by atoms with Crippen molar-refractivity contribution in [3.63, 3.8) is 0 Å². The van der Waals surface area contributed by atoms with Gasteiger partial charge in [0, 0.05) is 10.3 Å². The van der Waals surface area contributed by atoms with Crippen LogP contribution in [0.2, 0.25) is 0 Å². The van der Waals surface area contributed by atoms with E-state index >= 15 is 0 Å². The highest BCUT2D eigenvalue weighted by Crippen LogP contribution is 2.47. The number of nitrogens with one attached hydrogen (secondary N) is 1. The van der Waals surface area contributed by atoms with Crippen LogP contribution in [0, 0.1) is 0 Å². The van der Waals surface area contributed by atoms with Gasteiger partial charge in [-0.1, -0.05) is 60.3 Å². The highest BCUT2D eigenvalue weighted by molar-refractivity contribution is 8.00. The normalized spacial score (nSPS) is 12.7. The molecule has 4 aromatic rings. The van der Waals surface area contributed by atoms with Crippen LogP contribution in [0.25, 0.3) is 21.7 Å². The van der Waals surface area contributed by atoms with Gasteiger partial charge in [0.25, 0.3) is 0 Å². The molecule has 0 amide bonds. The Morgan fingerprint density at radius 2 is 1.64 bits per heavy atom. The Morgan fingerprint density at radius 3 is 2.59 bits per heavy atom. The minimum atomic E-state index is 0.950. The molecule has 104 valence electrons. The van der Waals surface area contributed by atoms with E-state index in [1.165, 1.54) is 25.9 Å². The maximum Gasteiger partial charge on any atom is 0.145 e. The lowest BCUT2D eigenvalue weighted by Gasteiger charge is -2.21. The SMILES string of the molecule is c1ccc2nc3c(cc2c1)Sc1c(ccc2ccccc12)N3. The molecule has 1 aliphatic rings. The van der Waals surface area contributed by atoms with E-state index in [0.29, 0.717) is 0 Å². The number of benzene rings is 3. The van der Waals surface area contributed by atoms with Crippen LogP contribution in [0.3, 0.4) is 0 Å². The molecule has 5 rings (SSSR count). The Hall–Kier alpha value is -2.52. The number of fused-ring (bicyclic) bond motifs is 5. The van der Waals surface area contributed by atoms with Crippen molar-refractivity contribution in [2.45, 2.75) is 9.79 Å². The van der Waals surface area contributed by atoms with Gasteiger partial charge in [0.2, 0.25) is 0 Å². The minimum Gasteiger partial charge on any atom is -0.338 e. The monoisotopic (exact) mass is 300 g/mol. The summed E-state index contributed by atoms with van der Waals surface area (Å²) in [5.41, 5.74) is 2.16. The third kappa shape index (κ3) is 1.72. The molecule has 2 nitrogen and oxygen atoms in total. The molecule has 3 aromatic carbocycles. The Kier molecular flexibility index (Phi) is 2.46. The highest BCUT2D eigenvalue weighted by Gasteiger charge is 2.19. The molecule has 0 unspecified atom stereocenters. The first kappa shape index (κ1) is 12.1. The van der Waals surface area contributed by atoms with E-state index in [4.69, 9.17) is 4.98 Å². The molecule has 0 saturated heterocycles. The van der Waals surface area contributed by atoms with Crippen molar-refractivity contribution < 1.29 is 0 Å². The van der Waals surface area contributed by atoms with E-state index in [2.05, 4.69) is 66.0 Å². The predicted octanol–water partition coefficient (Wildman–Crippen LogP) is 5.60. The van der Waals surface area contributed by atoms with Gasteiger partial charge in [0.1, 0.15) is 5.82 Å². The molecule has 0 radical (unpaired) electrons. The highest BCUT2D eigenvalue weighted by atomic mass is 32.2. The minimum absolute atomic E-state index is 0.950. The molecule has 1 aliphatic heterocycles. The number of nitrogens with zero attached hydrogens (tertiary/aromatic N) is 1. The first-order chi connectivity index (χ1) is 10.9. The van der Waals surface area contributed by atoms with Gasteiger partial charge in [-0.15, -0.1) is 0 Å². The van der Waals surface area contributed by atoms with Crippen LogP contribution in [0.4, 0.5) is 11.5 Å². The van der Waals surface area contributed by atoms with Gasteiger partial charge in [-0.2, -0.15) is 0 Å². The standard InChI is InChI=1S/C19H12N2S/c1-3-7-14-12(5-1)9-10-16-18(14)22-17-11-13-6-2-4-8-15(13)20-19(17)21-16/h1-11H,(H,20,21). The Labute approximate surface area is 132 Å². The van der Waals surface area contributed by atoms with E-state index in [1.807, 2.05) is 6.07 Å². The Balaban J connectivity index is 1.75. The summed E-state index contributed by atoms with van der Waals surface area (Å²) < 4.78 is 0. The quantitative estimate of drug-likeness (QED) is 0.403. The second-order valence-corrected chi connectivity index (χ2v) is 6.47. The van der Waals surface area contributed by atoms with Gasteiger partial charge in [0.15, 0.2) is 0 Å². The summed E-state index contributed by atoms with van der Waals surface area (Å²) in [7, 11) is 0. The Morgan fingerprint density at radius 1 is 0.818 bits per heavy atom. The lowest BCUT2D eigenvalue weighted by atomic mass is 10.1. The number of aromatic nitrogens is 1. The van der Waals surface area contributed by atoms with Crippen molar-refractivity contribution in [1.82, 2.24) is 4.98 Å². The van der Waals surface area contributed by atoms with E-state index in [0.717, 1.165) is 17.0 Å². The zero-order chi connectivity index (χ0) is 14.5. The molecule has 0 saturated carbocycles. The lowest BCUT2D eigenvalue weighted by Crippen LogP contribution is -2.02. The number of para-hydroxylation sites is 1. The molecular weight excluding hydrogens is 288 g/mol. The van der Waals surface area contributed by atoms with Crippen LogP contribution < -0.4 is 5.32 Å². The first-order valence-corrected chi connectivity index (χ1v) is 8.06. The van der Waals surface area contributed by atoms with Crippen molar-refractivity contribution in [2.24, 2.45) is 0 Å². The fraction of sp³-hybridized carbons (Fsp3) is 0. The van der Waals surface area contributed by atoms with Crippen molar-refractivity contribution in [3.05, 3.63) is 66.7 Å². The summed E-state index contributed by atoms with van der Waals surface area (Å²) in [5, 5.41) is 7.23. The summed E-state index contributed by atoms with van der Waals surface area (Å²) in [6.45, 7) is 0. The van der Waals surface area contributed by atoms with E-state index in [9.17, 15) is 0 Å². The van der Waals surface area contributed by atoms with Gasteiger partial charge in [-0.05, 0) is 29.0 Å². The molecule has 0 atom stereocenters. The van der Waals surface area contributed by atoms with Crippen LogP contribution in [0.1, 0.15) is 0 Å². The van der Waals surface area contributed by atoms with E-state index < -0.39 is 0 Å². The number of anilines is 2. The fourth-order valence-electron chi connectivity index (χ4n) is 2.95. The summed E-state index contributed by atoms with van der Waals surface area (Å²) >= 11 is 1.80. The topological polar surface area (TPSA) is 24.9 Å². The molecule has 3 heteroatoms. The maximum atomic E-state index is 4.76. The molecular formula is C19H12N2S. The van der Waals surface area contributed by atoms with Gasteiger partial charge < -0.3 is 5.32 Å². The largest absolute Gasteiger partial charge is 0.338 e. The molecule has 0 aliphatic carbocycles. The number of rotatable bonds is 0. The second-order valence-electron chi connectivity index (χ2n) is 5.42. The molecule has 0 spiro atoms. The van der Waals surface area contributed by atoms with Crippen LogP contribution in [0.15, 0.2) is 76.5 Å². The predicted molar refractivity (Wildman–Crippen MR) is 93.1 cm³/mol. The maximum absolute atomic E-state index is 4.76. The molecule has 0 fully saturated rings. The van der Waals surface area contributed by atoms with Gasteiger partial charge in [0.05, 0.1) is 16.1 Å². The molecule has 1 N–H and O–H groups in total. The van der Waals surface area contributed by atoms with Crippen LogP contribution in [-0.2, 0) is 0 Å².